The van der Waals surface area contributed by atoms with Crippen molar-refractivity contribution >= 4 is 11.5 Å². The molecule has 0 aliphatic rings. The summed E-state index contributed by atoms with van der Waals surface area (Å²) < 4.78 is 5.81. The molecule has 0 unspecified atom stereocenters. The Labute approximate surface area is 99.8 Å². The first-order valence-electron chi connectivity index (χ1n) is 5.26. The van der Waals surface area contributed by atoms with Gasteiger partial charge in [-0.25, -0.2) is 9.89 Å². The second kappa shape index (κ2) is 4.28. The van der Waals surface area contributed by atoms with Crippen LogP contribution in [0, 0.1) is 0 Å². The summed E-state index contributed by atoms with van der Waals surface area (Å²) >= 11 is 0. The van der Waals surface area contributed by atoms with Crippen molar-refractivity contribution in [2.75, 3.05) is 11.9 Å². The number of H-pyrrole nitrogens is 1. The highest BCUT2D eigenvalue weighted by molar-refractivity contribution is 5.42. The Hall–Kier alpha value is -2.71. The summed E-state index contributed by atoms with van der Waals surface area (Å²) in [5.41, 5.74) is 0.107. The van der Waals surface area contributed by atoms with Crippen LogP contribution >= 0.6 is 0 Å². The summed E-state index contributed by atoms with van der Waals surface area (Å²) in [6.45, 7) is 0.588. The minimum atomic E-state index is -0.369. The van der Waals surface area contributed by atoms with Crippen LogP contribution in [0.3, 0.4) is 0 Å². The molecule has 3 aromatic rings. The minimum absolute atomic E-state index is 0.369. The molecule has 2 N–H and O–H groups in total. The van der Waals surface area contributed by atoms with E-state index >= 15 is 0 Å². The van der Waals surface area contributed by atoms with E-state index in [-0.39, 0.29) is 5.69 Å². The minimum Gasteiger partial charge on any atom is -0.368 e. The predicted octanol–water partition coefficient (Wildman–Crippen LogP) is -0.545. The summed E-state index contributed by atoms with van der Waals surface area (Å²) in [6, 6.07) is 3.44. The van der Waals surface area contributed by atoms with Gasteiger partial charge in [-0.2, -0.15) is 14.6 Å². The predicted molar refractivity (Wildman–Crippen MR) is 60.1 cm³/mol. The molecule has 0 bridgehead atoms. The van der Waals surface area contributed by atoms with E-state index < -0.39 is 0 Å². The first-order valence-corrected chi connectivity index (χ1v) is 5.26. The first kappa shape index (κ1) is 10.4. The van der Waals surface area contributed by atoms with Gasteiger partial charge < -0.3 is 9.84 Å². The molecule has 3 rings (SSSR count). The molecule has 0 radical (unpaired) electrons. The maximum absolute atomic E-state index is 11.3. The van der Waals surface area contributed by atoms with Crippen molar-refractivity contribution in [3.05, 3.63) is 34.8 Å². The van der Waals surface area contributed by atoms with Crippen LogP contribution in [-0.2, 0) is 6.42 Å². The van der Waals surface area contributed by atoms with E-state index in [1.165, 1.54) is 10.9 Å². The Morgan fingerprint density at radius 2 is 2.39 bits per heavy atom. The number of hydrogen-bond acceptors (Lipinski definition) is 7. The summed E-state index contributed by atoms with van der Waals surface area (Å²) in [5, 5.41) is 16.9. The lowest BCUT2D eigenvalue weighted by atomic mass is 10.4. The van der Waals surface area contributed by atoms with Gasteiger partial charge >= 0.3 is 5.69 Å². The van der Waals surface area contributed by atoms with Gasteiger partial charge in [0.05, 0.1) is 0 Å². The van der Waals surface area contributed by atoms with Crippen LogP contribution in [0.25, 0.3) is 5.65 Å². The number of hydrogen-bond donors (Lipinski definition) is 2. The molecule has 0 aliphatic carbocycles. The second-order valence-corrected chi connectivity index (χ2v) is 3.54. The van der Waals surface area contributed by atoms with E-state index in [2.05, 4.69) is 35.3 Å². The Morgan fingerprint density at radius 3 is 3.22 bits per heavy atom. The number of aromatic nitrogens is 6. The molecule has 0 atom stereocenters. The number of aromatic amines is 1. The summed E-state index contributed by atoms with van der Waals surface area (Å²) in [4.78, 5) is 15.2. The summed E-state index contributed by atoms with van der Waals surface area (Å²) in [6.07, 6.45) is 1.89. The molecule has 3 aromatic heterocycles. The zero-order valence-electron chi connectivity index (χ0n) is 9.20. The Bertz CT molecular complexity index is 699. The quantitative estimate of drug-likeness (QED) is 0.636. The van der Waals surface area contributed by atoms with Gasteiger partial charge in [0.1, 0.15) is 5.82 Å². The molecule has 9 nitrogen and oxygen atoms in total. The van der Waals surface area contributed by atoms with Crippen molar-refractivity contribution in [2.24, 2.45) is 0 Å². The van der Waals surface area contributed by atoms with E-state index in [1.54, 1.807) is 12.1 Å². The van der Waals surface area contributed by atoms with Gasteiger partial charge in [0.25, 0.3) is 0 Å². The number of nitrogens with one attached hydrogen (secondary N) is 2. The average molecular weight is 247 g/mol. The Kier molecular flexibility index (Phi) is 2.48. The molecule has 18 heavy (non-hydrogen) atoms. The third-order valence-corrected chi connectivity index (χ3v) is 2.34. The van der Waals surface area contributed by atoms with Crippen molar-refractivity contribution in [3.8, 4) is 0 Å². The first-order chi connectivity index (χ1) is 8.83. The lowest BCUT2D eigenvalue weighted by Gasteiger charge is -2.02. The number of nitrogens with zero attached hydrogens (tertiary/aromatic N) is 5. The van der Waals surface area contributed by atoms with Crippen LogP contribution in [-0.4, -0.2) is 36.5 Å². The maximum atomic E-state index is 11.3. The lowest BCUT2D eigenvalue weighted by molar-refractivity contribution is 0.410. The molecular formula is C9H9N7O2. The fourth-order valence-electron chi connectivity index (χ4n) is 1.50. The molecule has 3 heterocycles. The molecule has 0 saturated carbocycles. The third kappa shape index (κ3) is 1.93. The van der Waals surface area contributed by atoms with Crippen LogP contribution < -0.4 is 11.0 Å². The summed E-state index contributed by atoms with van der Waals surface area (Å²) in [7, 11) is 0. The third-order valence-electron chi connectivity index (χ3n) is 2.34. The van der Waals surface area contributed by atoms with Crippen LogP contribution in [0.5, 0.6) is 0 Å². The molecule has 0 amide bonds. The zero-order valence-corrected chi connectivity index (χ0v) is 9.20. The van der Waals surface area contributed by atoms with Gasteiger partial charge in [0.15, 0.2) is 11.5 Å². The number of fused-ring (bicyclic) bond motifs is 1. The molecule has 0 aliphatic heterocycles. The average Bonchev–Trinajstić information content (AvgIpc) is 3.01. The maximum Gasteiger partial charge on any atom is 0.364 e. The second-order valence-electron chi connectivity index (χ2n) is 3.54. The molecule has 0 spiro atoms. The molecule has 9 heteroatoms. The number of anilines is 1. The standard InChI is InChI=1S/C9H9N7O2/c17-9-13-12-8-2-1-6(14-16(8)9)10-4-3-7-11-5-18-15-7/h1-2,5H,3-4H2,(H,10,14)(H,13,17). The van der Waals surface area contributed by atoms with E-state index in [4.69, 9.17) is 0 Å². The van der Waals surface area contributed by atoms with E-state index in [9.17, 15) is 4.79 Å². The van der Waals surface area contributed by atoms with Crippen molar-refractivity contribution < 1.29 is 4.52 Å². The van der Waals surface area contributed by atoms with Gasteiger partial charge in [-0.1, -0.05) is 5.16 Å². The van der Waals surface area contributed by atoms with E-state index in [1.807, 2.05) is 0 Å². The van der Waals surface area contributed by atoms with E-state index in [0.29, 0.717) is 30.3 Å². The highest BCUT2D eigenvalue weighted by Crippen LogP contribution is 2.02. The molecular weight excluding hydrogens is 238 g/mol. The summed E-state index contributed by atoms with van der Waals surface area (Å²) in [5.74, 6) is 1.19. The van der Waals surface area contributed by atoms with E-state index in [0.717, 1.165) is 0 Å². The number of rotatable bonds is 4. The monoisotopic (exact) mass is 247 g/mol. The van der Waals surface area contributed by atoms with Crippen LogP contribution in [0.15, 0.2) is 27.8 Å². The Balaban J connectivity index is 1.70. The molecule has 92 valence electrons. The molecule has 0 aromatic carbocycles. The fraction of sp³-hybridized carbons (Fsp3) is 0.222. The smallest absolute Gasteiger partial charge is 0.364 e. The van der Waals surface area contributed by atoms with Gasteiger partial charge in [0.2, 0.25) is 6.39 Å². The van der Waals surface area contributed by atoms with Crippen LogP contribution in [0.4, 0.5) is 5.82 Å². The SMILES string of the molecule is O=c1[nH]nc2ccc(NCCc3ncon3)nn12. The van der Waals surface area contributed by atoms with Crippen molar-refractivity contribution in [2.45, 2.75) is 6.42 Å². The van der Waals surface area contributed by atoms with Gasteiger partial charge in [-0.05, 0) is 12.1 Å². The van der Waals surface area contributed by atoms with Gasteiger partial charge in [-0.15, -0.1) is 5.10 Å². The van der Waals surface area contributed by atoms with Crippen LogP contribution in [0.2, 0.25) is 0 Å². The lowest BCUT2D eigenvalue weighted by Crippen LogP contribution is -2.15. The normalized spacial score (nSPS) is 10.9. The van der Waals surface area contributed by atoms with Crippen molar-refractivity contribution in [1.82, 2.24) is 30.0 Å². The zero-order chi connectivity index (χ0) is 12.4. The molecule has 0 saturated heterocycles. The highest BCUT2D eigenvalue weighted by Gasteiger charge is 2.03. The molecule has 0 fully saturated rings. The van der Waals surface area contributed by atoms with Gasteiger partial charge in [0, 0.05) is 13.0 Å². The van der Waals surface area contributed by atoms with Crippen molar-refractivity contribution in [3.63, 3.8) is 0 Å². The highest BCUT2D eigenvalue weighted by atomic mass is 16.5. The largest absolute Gasteiger partial charge is 0.368 e. The fourth-order valence-corrected chi connectivity index (χ4v) is 1.50. The van der Waals surface area contributed by atoms with Crippen molar-refractivity contribution in [1.29, 1.82) is 0 Å². The Morgan fingerprint density at radius 1 is 1.44 bits per heavy atom. The van der Waals surface area contributed by atoms with Gasteiger partial charge in [-0.3, -0.25) is 0 Å². The van der Waals surface area contributed by atoms with Crippen LogP contribution in [0.1, 0.15) is 5.82 Å². The topological polar surface area (TPSA) is 114 Å².